The SMILES string of the molecule is CC(C)COc1ccc(C2=C(O)C(=O)N(c3ccc(F)cc3F)C2=O)cc1. The van der Waals surface area contributed by atoms with Gasteiger partial charge in [-0.15, -0.1) is 0 Å². The van der Waals surface area contributed by atoms with E-state index in [1.165, 1.54) is 12.1 Å². The van der Waals surface area contributed by atoms with Crippen molar-refractivity contribution in [2.24, 2.45) is 5.92 Å². The Morgan fingerprint density at radius 1 is 1.04 bits per heavy atom. The number of benzene rings is 2. The van der Waals surface area contributed by atoms with Crippen molar-refractivity contribution in [1.29, 1.82) is 0 Å². The summed E-state index contributed by atoms with van der Waals surface area (Å²) in [7, 11) is 0. The molecule has 0 fully saturated rings. The summed E-state index contributed by atoms with van der Waals surface area (Å²) in [5, 5.41) is 10.1. The molecule has 1 heterocycles. The number of hydrogen-bond acceptors (Lipinski definition) is 4. The first-order valence-electron chi connectivity index (χ1n) is 8.30. The van der Waals surface area contributed by atoms with Crippen molar-refractivity contribution in [2.45, 2.75) is 13.8 Å². The first kappa shape index (κ1) is 18.6. The van der Waals surface area contributed by atoms with Crippen LogP contribution < -0.4 is 9.64 Å². The van der Waals surface area contributed by atoms with Gasteiger partial charge in [-0.05, 0) is 35.7 Å². The lowest BCUT2D eigenvalue weighted by Gasteiger charge is -2.15. The molecule has 2 aromatic carbocycles. The van der Waals surface area contributed by atoms with Crippen LogP contribution in [0.2, 0.25) is 0 Å². The summed E-state index contributed by atoms with van der Waals surface area (Å²) in [6.45, 7) is 4.52. The molecule has 2 amide bonds. The van der Waals surface area contributed by atoms with Gasteiger partial charge in [0.15, 0.2) is 5.76 Å². The summed E-state index contributed by atoms with van der Waals surface area (Å²) in [4.78, 5) is 25.4. The van der Waals surface area contributed by atoms with Gasteiger partial charge in [-0.3, -0.25) is 9.59 Å². The molecule has 3 rings (SSSR count). The second kappa shape index (κ2) is 7.19. The average Bonchev–Trinajstić information content (AvgIpc) is 2.84. The third kappa shape index (κ3) is 3.53. The number of hydrogen-bond donors (Lipinski definition) is 1. The van der Waals surface area contributed by atoms with E-state index in [2.05, 4.69) is 0 Å². The molecule has 0 atom stereocenters. The van der Waals surface area contributed by atoms with Crippen molar-refractivity contribution in [2.75, 3.05) is 11.5 Å². The normalized spacial score (nSPS) is 14.5. The van der Waals surface area contributed by atoms with Crippen molar-refractivity contribution in [3.8, 4) is 5.75 Å². The van der Waals surface area contributed by atoms with Crippen LogP contribution in [0, 0.1) is 17.6 Å². The summed E-state index contributed by atoms with van der Waals surface area (Å²) in [5.41, 5.74) is -0.392. The zero-order valence-corrected chi connectivity index (χ0v) is 14.7. The van der Waals surface area contributed by atoms with Crippen LogP contribution in [0.1, 0.15) is 19.4 Å². The largest absolute Gasteiger partial charge is 0.502 e. The lowest BCUT2D eigenvalue weighted by molar-refractivity contribution is -0.121. The van der Waals surface area contributed by atoms with Crippen molar-refractivity contribution in [1.82, 2.24) is 0 Å². The van der Waals surface area contributed by atoms with Gasteiger partial charge in [0.2, 0.25) is 0 Å². The average molecular weight is 373 g/mol. The van der Waals surface area contributed by atoms with Gasteiger partial charge in [0.25, 0.3) is 5.91 Å². The van der Waals surface area contributed by atoms with E-state index in [0.29, 0.717) is 29.2 Å². The maximum Gasteiger partial charge on any atom is 0.301 e. The summed E-state index contributed by atoms with van der Waals surface area (Å²) >= 11 is 0. The van der Waals surface area contributed by atoms with Crippen molar-refractivity contribution in [3.63, 3.8) is 0 Å². The van der Waals surface area contributed by atoms with E-state index in [4.69, 9.17) is 4.74 Å². The molecule has 7 heteroatoms. The predicted octanol–water partition coefficient (Wildman–Crippen LogP) is 3.84. The third-order valence-corrected chi connectivity index (χ3v) is 3.94. The molecule has 0 saturated heterocycles. The Labute approximate surface area is 154 Å². The number of ether oxygens (including phenoxy) is 1. The number of nitrogens with zero attached hydrogens (tertiary/aromatic N) is 1. The zero-order chi connectivity index (χ0) is 19.7. The molecule has 0 saturated carbocycles. The molecule has 0 aromatic heterocycles. The first-order chi connectivity index (χ1) is 12.8. The van der Waals surface area contributed by atoms with Crippen LogP contribution in [-0.4, -0.2) is 23.5 Å². The number of carbonyl (C=O) groups excluding carboxylic acids is 2. The van der Waals surface area contributed by atoms with Gasteiger partial charge in [-0.1, -0.05) is 26.0 Å². The number of halogens is 2. The van der Waals surface area contributed by atoms with Crippen LogP contribution in [0.25, 0.3) is 5.57 Å². The van der Waals surface area contributed by atoms with Crippen LogP contribution >= 0.6 is 0 Å². The second-order valence-corrected chi connectivity index (χ2v) is 6.49. The molecule has 0 aliphatic carbocycles. The summed E-state index contributed by atoms with van der Waals surface area (Å²) in [5.74, 6) is -3.76. The maximum absolute atomic E-state index is 14.0. The number of rotatable bonds is 5. The van der Waals surface area contributed by atoms with Gasteiger partial charge in [0.05, 0.1) is 17.9 Å². The highest BCUT2D eigenvalue weighted by molar-refractivity contribution is 6.44. The zero-order valence-electron chi connectivity index (χ0n) is 14.7. The molecular formula is C20H17F2NO4. The minimum atomic E-state index is -1.08. The van der Waals surface area contributed by atoms with E-state index in [1.807, 2.05) is 13.8 Å². The molecule has 1 N–H and O–H groups in total. The highest BCUT2D eigenvalue weighted by atomic mass is 19.1. The van der Waals surface area contributed by atoms with Crippen LogP contribution in [0.15, 0.2) is 48.2 Å². The quantitative estimate of drug-likeness (QED) is 0.809. The number of imide groups is 1. The van der Waals surface area contributed by atoms with Gasteiger partial charge in [0.1, 0.15) is 17.4 Å². The van der Waals surface area contributed by atoms with Crippen molar-refractivity contribution >= 4 is 23.1 Å². The van der Waals surface area contributed by atoms with E-state index < -0.39 is 34.9 Å². The molecule has 0 bridgehead atoms. The Morgan fingerprint density at radius 2 is 1.70 bits per heavy atom. The van der Waals surface area contributed by atoms with Crippen LogP contribution in [0.4, 0.5) is 14.5 Å². The molecule has 1 aliphatic rings. The molecule has 27 heavy (non-hydrogen) atoms. The summed E-state index contributed by atoms with van der Waals surface area (Å²) < 4.78 is 32.7. The van der Waals surface area contributed by atoms with E-state index in [-0.39, 0.29) is 11.1 Å². The van der Waals surface area contributed by atoms with Gasteiger partial charge >= 0.3 is 5.91 Å². The van der Waals surface area contributed by atoms with E-state index in [0.717, 1.165) is 12.1 Å². The molecule has 0 radical (unpaired) electrons. The molecular weight excluding hydrogens is 356 g/mol. The molecule has 1 aliphatic heterocycles. The van der Waals surface area contributed by atoms with Crippen LogP contribution in [-0.2, 0) is 9.59 Å². The minimum absolute atomic E-state index is 0.251. The van der Waals surface area contributed by atoms with Gasteiger partial charge in [0, 0.05) is 6.07 Å². The highest BCUT2D eigenvalue weighted by Gasteiger charge is 2.41. The van der Waals surface area contributed by atoms with Gasteiger partial charge < -0.3 is 9.84 Å². The molecule has 5 nitrogen and oxygen atoms in total. The predicted molar refractivity (Wildman–Crippen MR) is 95.2 cm³/mol. The van der Waals surface area contributed by atoms with Crippen molar-refractivity contribution in [3.05, 3.63) is 65.4 Å². The Hall–Kier alpha value is -3.22. The Balaban J connectivity index is 1.90. The van der Waals surface area contributed by atoms with E-state index >= 15 is 0 Å². The first-order valence-corrected chi connectivity index (χ1v) is 8.30. The Morgan fingerprint density at radius 3 is 2.30 bits per heavy atom. The third-order valence-electron chi connectivity index (χ3n) is 3.94. The second-order valence-electron chi connectivity index (χ2n) is 6.49. The Kier molecular flexibility index (Phi) is 4.94. The Bertz CT molecular complexity index is 935. The monoisotopic (exact) mass is 373 g/mol. The molecule has 0 unspecified atom stereocenters. The summed E-state index contributed by atoms with van der Waals surface area (Å²) in [6, 6.07) is 8.72. The number of carbonyl (C=O) groups is 2. The van der Waals surface area contributed by atoms with Crippen LogP contribution in [0.5, 0.6) is 5.75 Å². The topological polar surface area (TPSA) is 66.8 Å². The number of aliphatic hydroxyl groups is 1. The maximum atomic E-state index is 14.0. The summed E-state index contributed by atoms with van der Waals surface area (Å²) in [6.07, 6.45) is 0. The van der Waals surface area contributed by atoms with E-state index in [1.54, 1.807) is 12.1 Å². The fourth-order valence-electron chi connectivity index (χ4n) is 2.64. The van der Waals surface area contributed by atoms with Crippen molar-refractivity contribution < 1.29 is 28.2 Å². The fourth-order valence-corrected chi connectivity index (χ4v) is 2.64. The standard InChI is InChI=1S/C20H17F2NO4/c1-11(2)10-27-14-6-3-12(4-7-14)17-18(24)20(26)23(19(17)25)16-8-5-13(21)9-15(16)22/h3-9,11,24H,10H2,1-2H3. The molecule has 0 spiro atoms. The molecule has 140 valence electrons. The molecule has 2 aromatic rings. The number of aliphatic hydroxyl groups excluding tert-OH is 1. The lowest BCUT2D eigenvalue weighted by Crippen LogP contribution is -2.32. The minimum Gasteiger partial charge on any atom is -0.502 e. The van der Waals surface area contributed by atoms with Crippen LogP contribution in [0.3, 0.4) is 0 Å². The number of amides is 2. The lowest BCUT2D eigenvalue weighted by atomic mass is 10.1. The fraction of sp³-hybridized carbons (Fsp3) is 0.200. The van der Waals surface area contributed by atoms with Gasteiger partial charge in [-0.25, -0.2) is 13.7 Å². The van der Waals surface area contributed by atoms with E-state index in [9.17, 15) is 23.5 Å². The van der Waals surface area contributed by atoms with Gasteiger partial charge in [-0.2, -0.15) is 0 Å². The highest BCUT2D eigenvalue weighted by Crippen LogP contribution is 2.33. The number of anilines is 1. The smallest absolute Gasteiger partial charge is 0.301 e.